The Morgan fingerprint density at radius 3 is 2.65 bits per heavy atom. The zero-order valence-corrected chi connectivity index (χ0v) is 9.93. The molecular formula is C13H12ClNO2. The molecule has 1 aromatic heterocycles. The summed E-state index contributed by atoms with van der Waals surface area (Å²) in [5.41, 5.74) is 1.97. The molecule has 1 aliphatic rings. The molecule has 2 heterocycles. The minimum Gasteiger partial charge on any atom is -0.346 e. The van der Waals surface area contributed by atoms with Gasteiger partial charge in [0.05, 0.1) is 23.9 Å². The van der Waals surface area contributed by atoms with Gasteiger partial charge in [0.15, 0.2) is 6.29 Å². The summed E-state index contributed by atoms with van der Waals surface area (Å²) in [6.07, 6.45) is 3.71. The van der Waals surface area contributed by atoms with Crippen LogP contribution in [0, 0.1) is 0 Å². The highest BCUT2D eigenvalue weighted by Crippen LogP contribution is 2.26. The summed E-state index contributed by atoms with van der Waals surface area (Å²) in [4.78, 5) is 0. The fourth-order valence-corrected chi connectivity index (χ4v) is 2.15. The lowest BCUT2D eigenvalue weighted by molar-refractivity contribution is -0.0440. The minimum atomic E-state index is -0.237. The van der Waals surface area contributed by atoms with Crippen LogP contribution in [0.2, 0.25) is 5.02 Å². The molecule has 0 radical (unpaired) electrons. The minimum absolute atomic E-state index is 0.237. The number of hydrogen-bond donors (Lipinski definition) is 0. The lowest BCUT2D eigenvalue weighted by atomic mass is 10.3. The highest BCUT2D eigenvalue weighted by molar-refractivity contribution is 6.32. The summed E-state index contributed by atoms with van der Waals surface area (Å²) in [7, 11) is 0. The van der Waals surface area contributed by atoms with Crippen molar-refractivity contribution in [2.45, 2.75) is 6.29 Å². The van der Waals surface area contributed by atoms with Crippen LogP contribution in [0.4, 0.5) is 0 Å². The van der Waals surface area contributed by atoms with E-state index in [9.17, 15) is 0 Å². The third-order valence-corrected chi connectivity index (χ3v) is 3.06. The monoisotopic (exact) mass is 249 g/mol. The molecule has 1 aliphatic heterocycles. The normalized spacial score (nSPS) is 16.5. The van der Waals surface area contributed by atoms with Crippen LogP contribution in [-0.4, -0.2) is 17.8 Å². The van der Waals surface area contributed by atoms with E-state index in [0.717, 1.165) is 16.3 Å². The Morgan fingerprint density at radius 2 is 1.88 bits per heavy atom. The van der Waals surface area contributed by atoms with Crippen molar-refractivity contribution >= 4 is 11.6 Å². The Morgan fingerprint density at radius 1 is 1.12 bits per heavy atom. The highest BCUT2D eigenvalue weighted by atomic mass is 35.5. The lowest BCUT2D eigenvalue weighted by Gasteiger charge is -2.07. The van der Waals surface area contributed by atoms with E-state index in [1.54, 1.807) is 0 Å². The second-order valence-corrected chi connectivity index (χ2v) is 4.28. The summed E-state index contributed by atoms with van der Waals surface area (Å²) >= 11 is 6.14. The fourth-order valence-electron chi connectivity index (χ4n) is 1.91. The Bertz CT molecular complexity index is 518. The van der Waals surface area contributed by atoms with E-state index in [0.29, 0.717) is 13.2 Å². The molecule has 0 spiro atoms. The van der Waals surface area contributed by atoms with E-state index < -0.39 is 0 Å². The fraction of sp³-hybridized carbons (Fsp3) is 0.231. The molecule has 3 nitrogen and oxygen atoms in total. The molecular weight excluding hydrogens is 238 g/mol. The summed E-state index contributed by atoms with van der Waals surface area (Å²) in [6.45, 7) is 1.31. The summed E-state index contributed by atoms with van der Waals surface area (Å²) in [5, 5.41) is 0.725. The molecule has 3 rings (SSSR count). The van der Waals surface area contributed by atoms with Gasteiger partial charge in [0.1, 0.15) is 0 Å². The lowest BCUT2D eigenvalue weighted by Crippen LogP contribution is -1.96. The van der Waals surface area contributed by atoms with Gasteiger partial charge in [-0.05, 0) is 18.2 Å². The third-order valence-electron chi connectivity index (χ3n) is 2.74. The first kappa shape index (κ1) is 10.8. The van der Waals surface area contributed by atoms with Gasteiger partial charge in [-0.1, -0.05) is 23.7 Å². The number of rotatable bonds is 2. The van der Waals surface area contributed by atoms with Gasteiger partial charge in [-0.3, -0.25) is 0 Å². The van der Waals surface area contributed by atoms with E-state index in [-0.39, 0.29) is 6.29 Å². The summed E-state index contributed by atoms with van der Waals surface area (Å²) < 4.78 is 12.9. The van der Waals surface area contributed by atoms with Gasteiger partial charge in [0.25, 0.3) is 0 Å². The Labute approximate surface area is 105 Å². The zero-order chi connectivity index (χ0) is 11.7. The van der Waals surface area contributed by atoms with Gasteiger partial charge >= 0.3 is 0 Å². The standard InChI is InChI=1S/C13H12ClNO2/c14-11-3-1-2-4-12(11)15-6-5-10(9-15)13-16-7-8-17-13/h1-6,9,13H,7-8H2. The molecule has 17 heavy (non-hydrogen) atoms. The number of ether oxygens (including phenoxy) is 2. The quantitative estimate of drug-likeness (QED) is 0.816. The average Bonchev–Trinajstić information content (AvgIpc) is 3.00. The largest absolute Gasteiger partial charge is 0.346 e. The molecule has 0 bridgehead atoms. The van der Waals surface area contributed by atoms with Gasteiger partial charge in [0.2, 0.25) is 0 Å². The first-order chi connectivity index (χ1) is 8.34. The molecule has 1 saturated heterocycles. The SMILES string of the molecule is Clc1ccccc1-n1ccc(C2OCCO2)c1. The maximum absolute atomic E-state index is 6.14. The Kier molecular flexibility index (Phi) is 2.89. The highest BCUT2D eigenvalue weighted by Gasteiger charge is 2.19. The van der Waals surface area contributed by atoms with Crippen molar-refractivity contribution in [3.8, 4) is 5.69 Å². The van der Waals surface area contributed by atoms with Crippen molar-refractivity contribution in [3.63, 3.8) is 0 Å². The van der Waals surface area contributed by atoms with Crippen molar-refractivity contribution < 1.29 is 9.47 Å². The van der Waals surface area contributed by atoms with Crippen LogP contribution in [0.15, 0.2) is 42.7 Å². The maximum atomic E-state index is 6.14. The van der Waals surface area contributed by atoms with Crippen LogP contribution >= 0.6 is 11.6 Å². The first-order valence-electron chi connectivity index (χ1n) is 5.50. The number of hydrogen-bond acceptors (Lipinski definition) is 2. The first-order valence-corrected chi connectivity index (χ1v) is 5.88. The second-order valence-electron chi connectivity index (χ2n) is 3.88. The van der Waals surface area contributed by atoms with Gasteiger partial charge in [-0.25, -0.2) is 0 Å². The molecule has 1 fully saturated rings. The smallest absolute Gasteiger partial charge is 0.185 e. The number of halogens is 1. The molecule has 0 amide bonds. The van der Waals surface area contributed by atoms with Crippen LogP contribution in [0.25, 0.3) is 5.69 Å². The van der Waals surface area contributed by atoms with Crippen LogP contribution in [0.5, 0.6) is 0 Å². The topological polar surface area (TPSA) is 23.4 Å². The molecule has 0 aliphatic carbocycles. The van der Waals surface area contributed by atoms with E-state index in [4.69, 9.17) is 21.1 Å². The molecule has 0 saturated carbocycles. The predicted octanol–water partition coefficient (Wildman–Crippen LogP) is 3.18. The van der Waals surface area contributed by atoms with Crippen LogP contribution in [-0.2, 0) is 9.47 Å². The number of benzene rings is 1. The van der Waals surface area contributed by atoms with E-state index >= 15 is 0 Å². The van der Waals surface area contributed by atoms with Gasteiger partial charge in [0, 0.05) is 18.0 Å². The molecule has 2 aromatic rings. The van der Waals surface area contributed by atoms with E-state index in [1.165, 1.54) is 0 Å². The number of nitrogens with zero attached hydrogens (tertiary/aromatic N) is 1. The Hall–Kier alpha value is -1.29. The van der Waals surface area contributed by atoms with Gasteiger partial charge < -0.3 is 14.0 Å². The van der Waals surface area contributed by atoms with E-state index in [1.807, 2.05) is 47.3 Å². The predicted molar refractivity (Wildman–Crippen MR) is 65.4 cm³/mol. The second kappa shape index (κ2) is 4.53. The number of aromatic nitrogens is 1. The molecule has 1 aromatic carbocycles. The number of para-hydroxylation sites is 1. The average molecular weight is 250 g/mol. The van der Waals surface area contributed by atoms with Gasteiger partial charge in [-0.2, -0.15) is 0 Å². The van der Waals surface area contributed by atoms with Crippen molar-refractivity contribution in [3.05, 3.63) is 53.3 Å². The molecule has 0 atom stereocenters. The van der Waals surface area contributed by atoms with Crippen LogP contribution < -0.4 is 0 Å². The van der Waals surface area contributed by atoms with Crippen LogP contribution in [0.1, 0.15) is 11.9 Å². The molecule has 0 N–H and O–H groups in total. The van der Waals surface area contributed by atoms with Crippen molar-refractivity contribution in [1.29, 1.82) is 0 Å². The van der Waals surface area contributed by atoms with Crippen molar-refractivity contribution in [1.82, 2.24) is 4.57 Å². The molecule has 0 unspecified atom stereocenters. The molecule has 88 valence electrons. The third kappa shape index (κ3) is 2.09. The van der Waals surface area contributed by atoms with Gasteiger partial charge in [-0.15, -0.1) is 0 Å². The van der Waals surface area contributed by atoms with E-state index in [2.05, 4.69) is 0 Å². The molecule has 4 heteroatoms. The van der Waals surface area contributed by atoms with Crippen molar-refractivity contribution in [2.24, 2.45) is 0 Å². The maximum Gasteiger partial charge on any atom is 0.185 e. The Balaban J connectivity index is 1.92. The summed E-state index contributed by atoms with van der Waals surface area (Å²) in [6, 6.07) is 9.71. The zero-order valence-electron chi connectivity index (χ0n) is 9.17. The van der Waals surface area contributed by atoms with Crippen LogP contribution in [0.3, 0.4) is 0 Å². The summed E-state index contributed by atoms with van der Waals surface area (Å²) in [5.74, 6) is 0. The van der Waals surface area contributed by atoms with Crippen molar-refractivity contribution in [2.75, 3.05) is 13.2 Å².